The minimum absolute atomic E-state index is 0.107. The summed E-state index contributed by atoms with van der Waals surface area (Å²) in [5.41, 5.74) is 0.319. The van der Waals surface area contributed by atoms with Gasteiger partial charge >= 0.3 is 5.97 Å². The number of hydrogen-bond donors (Lipinski definition) is 1. The zero-order valence-corrected chi connectivity index (χ0v) is 7.79. The predicted octanol–water partition coefficient (Wildman–Crippen LogP) is 1.49. The van der Waals surface area contributed by atoms with Gasteiger partial charge in [0.05, 0.1) is 18.8 Å². The van der Waals surface area contributed by atoms with Crippen molar-refractivity contribution >= 4 is 5.97 Å². The van der Waals surface area contributed by atoms with Crippen LogP contribution in [-0.2, 0) is 11.3 Å². The van der Waals surface area contributed by atoms with Crippen LogP contribution < -0.4 is 0 Å². The summed E-state index contributed by atoms with van der Waals surface area (Å²) in [7, 11) is 0. The van der Waals surface area contributed by atoms with E-state index in [9.17, 15) is 9.18 Å². The number of ether oxygens (including phenoxy) is 1. The molecular formula is C10H11FO3. The van der Waals surface area contributed by atoms with Crippen LogP contribution in [0.25, 0.3) is 0 Å². The van der Waals surface area contributed by atoms with Crippen molar-refractivity contribution in [1.82, 2.24) is 0 Å². The standard InChI is InChI=1S/C10H11FO3/c1-2-14-10(13)8-4-3-7(6-12)5-9(8)11/h3-5,12H,2,6H2,1H3. The average molecular weight is 198 g/mol. The Hall–Kier alpha value is -1.42. The van der Waals surface area contributed by atoms with E-state index in [0.717, 1.165) is 6.07 Å². The second-order valence-electron chi connectivity index (χ2n) is 2.69. The summed E-state index contributed by atoms with van der Waals surface area (Å²) >= 11 is 0. The van der Waals surface area contributed by atoms with E-state index in [1.807, 2.05) is 0 Å². The Bertz CT molecular complexity index is 336. The molecule has 1 N–H and O–H groups in total. The van der Waals surface area contributed by atoms with Gasteiger partial charge in [0, 0.05) is 0 Å². The summed E-state index contributed by atoms with van der Waals surface area (Å²) in [6.45, 7) is 1.61. The predicted molar refractivity (Wildman–Crippen MR) is 48.3 cm³/mol. The highest BCUT2D eigenvalue weighted by Gasteiger charge is 2.12. The van der Waals surface area contributed by atoms with Gasteiger partial charge in [0.2, 0.25) is 0 Å². The number of esters is 1. The van der Waals surface area contributed by atoms with Gasteiger partial charge in [-0.15, -0.1) is 0 Å². The van der Waals surface area contributed by atoms with Crippen molar-refractivity contribution in [2.24, 2.45) is 0 Å². The summed E-state index contributed by atoms with van der Waals surface area (Å²) in [6, 6.07) is 3.90. The van der Waals surface area contributed by atoms with E-state index in [1.54, 1.807) is 6.92 Å². The molecule has 0 amide bonds. The van der Waals surface area contributed by atoms with E-state index in [2.05, 4.69) is 4.74 Å². The van der Waals surface area contributed by atoms with E-state index >= 15 is 0 Å². The van der Waals surface area contributed by atoms with Crippen LogP contribution in [0.15, 0.2) is 18.2 Å². The Kier molecular flexibility index (Phi) is 3.59. The van der Waals surface area contributed by atoms with Gasteiger partial charge in [-0.25, -0.2) is 9.18 Å². The second kappa shape index (κ2) is 4.72. The lowest BCUT2D eigenvalue weighted by atomic mass is 10.1. The van der Waals surface area contributed by atoms with Gasteiger partial charge in [-0.3, -0.25) is 0 Å². The molecule has 0 fully saturated rings. The highest BCUT2D eigenvalue weighted by Crippen LogP contribution is 2.11. The summed E-state index contributed by atoms with van der Waals surface area (Å²) < 4.78 is 17.8. The van der Waals surface area contributed by atoms with Gasteiger partial charge in [0.1, 0.15) is 5.82 Å². The van der Waals surface area contributed by atoms with Crippen LogP contribution in [0.2, 0.25) is 0 Å². The Labute approximate surface area is 81.1 Å². The Morgan fingerprint density at radius 3 is 2.79 bits per heavy atom. The summed E-state index contributed by atoms with van der Waals surface area (Å²) in [5.74, 6) is -1.36. The van der Waals surface area contributed by atoms with Gasteiger partial charge in [0.15, 0.2) is 0 Å². The molecule has 0 unspecified atom stereocenters. The van der Waals surface area contributed by atoms with Crippen LogP contribution in [0.3, 0.4) is 0 Å². The molecule has 0 aliphatic carbocycles. The minimum atomic E-state index is -0.686. The van der Waals surface area contributed by atoms with Gasteiger partial charge < -0.3 is 9.84 Å². The fourth-order valence-corrected chi connectivity index (χ4v) is 1.03. The van der Waals surface area contributed by atoms with E-state index < -0.39 is 11.8 Å². The third kappa shape index (κ3) is 2.29. The molecule has 0 bridgehead atoms. The van der Waals surface area contributed by atoms with E-state index in [-0.39, 0.29) is 18.8 Å². The fourth-order valence-electron chi connectivity index (χ4n) is 1.03. The van der Waals surface area contributed by atoms with Gasteiger partial charge in [-0.2, -0.15) is 0 Å². The van der Waals surface area contributed by atoms with Crippen molar-refractivity contribution in [3.8, 4) is 0 Å². The molecule has 0 radical (unpaired) electrons. The largest absolute Gasteiger partial charge is 0.462 e. The zero-order chi connectivity index (χ0) is 10.6. The van der Waals surface area contributed by atoms with Gasteiger partial charge in [-0.05, 0) is 24.6 Å². The number of aliphatic hydroxyl groups excluding tert-OH is 1. The van der Waals surface area contributed by atoms with Crippen molar-refractivity contribution in [3.63, 3.8) is 0 Å². The lowest BCUT2D eigenvalue weighted by molar-refractivity contribution is 0.0521. The first-order valence-corrected chi connectivity index (χ1v) is 4.25. The van der Waals surface area contributed by atoms with E-state index in [4.69, 9.17) is 5.11 Å². The molecule has 0 saturated heterocycles. The molecular weight excluding hydrogens is 187 g/mol. The average Bonchev–Trinajstić information content (AvgIpc) is 2.17. The number of benzene rings is 1. The Balaban J connectivity index is 2.94. The molecule has 0 atom stereocenters. The molecule has 0 aliphatic rings. The molecule has 1 rings (SSSR count). The maximum Gasteiger partial charge on any atom is 0.341 e. The smallest absolute Gasteiger partial charge is 0.341 e. The van der Waals surface area contributed by atoms with Crippen molar-refractivity contribution in [3.05, 3.63) is 35.1 Å². The number of carbonyl (C=O) groups is 1. The van der Waals surface area contributed by atoms with Crippen LogP contribution in [0.5, 0.6) is 0 Å². The van der Waals surface area contributed by atoms with Crippen molar-refractivity contribution in [2.45, 2.75) is 13.5 Å². The Morgan fingerprint density at radius 2 is 2.29 bits per heavy atom. The third-order valence-corrected chi connectivity index (χ3v) is 1.71. The second-order valence-corrected chi connectivity index (χ2v) is 2.69. The molecule has 1 aromatic rings. The van der Waals surface area contributed by atoms with E-state index in [0.29, 0.717) is 5.56 Å². The molecule has 3 nitrogen and oxygen atoms in total. The molecule has 0 heterocycles. The highest BCUT2D eigenvalue weighted by molar-refractivity contribution is 5.89. The fraction of sp³-hybridized carbons (Fsp3) is 0.300. The van der Waals surface area contributed by atoms with Crippen molar-refractivity contribution in [2.75, 3.05) is 6.61 Å². The highest BCUT2D eigenvalue weighted by atomic mass is 19.1. The number of aliphatic hydroxyl groups is 1. The monoisotopic (exact) mass is 198 g/mol. The topological polar surface area (TPSA) is 46.5 Å². The molecule has 0 spiro atoms. The maximum absolute atomic E-state index is 13.2. The maximum atomic E-state index is 13.2. The lowest BCUT2D eigenvalue weighted by Gasteiger charge is -2.03. The summed E-state index contributed by atoms with van der Waals surface area (Å²) in [4.78, 5) is 11.1. The van der Waals surface area contributed by atoms with Crippen LogP contribution in [-0.4, -0.2) is 17.7 Å². The number of rotatable bonds is 3. The lowest BCUT2D eigenvalue weighted by Crippen LogP contribution is -2.07. The van der Waals surface area contributed by atoms with Crippen LogP contribution in [0.1, 0.15) is 22.8 Å². The SMILES string of the molecule is CCOC(=O)c1ccc(CO)cc1F. The van der Waals surface area contributed by atoms with Gasteiger partial charge in [0.25, 0.3) is 0 Å². The molecule has 14 heavy (non-hydrogen) atoms. The van der Waals surface area contributed by atoms with Gasteiger partial charge in [-0.1, -0.05) is 6.07 Å². The summed E-state index contributed by atoms with van der Waals surface area (Å²) in [5, 5.41) is 8.71. The molecule has 76 valence electrons. The number of hydrogen-bond acceptors (Lipinski definition) is 3. The van der Waals surface area contributed by atoms with Crippen LogP contribution >= 0.6 is 0 Å². The normalized spacial score (nSPS) is 9.93. The number of carbonyl (C=O) groups excluding carboxylic acids is 1. The first-order chi connectivity index (χ1) is 6.69. The van der Waals surface area contributed by atoms with Crippen molar-refractivity contribution in [1.29, 1.82) is 0 Å². The molecule has 0 aromatic heterocycles. The molecule has 0 aliphatic heterocycles. The molecule has 4 heteroatoms. The molecule has 0 saturated carbocycles. The zero-order valence-electron chi connectivity index (χ0n) is 7.79. The minimum Gasteiger partial charge on any atom is -0.462 e. The van der Waals surface area contributed by atoms with Crippen LogP contribution in [0.4, 0.5) is 4.39 Å². The molecule has 1 aromatic carbocycles. The van der Waals surface area contributed by atoms with Crippen LogP contribution in [0, 0.1) is 5.82 Å². The first kappa shape index (κ1) is 10.7. The van der Waals surface area contributed by atoms with Crippen molar-refractivity contribution < 1.29 is 19.0 Å². The Morgan fingerprint density at radius 1 is 1.57 bits per heavy atom. The third-order valence-electron chi connectivity index (χ3n) is 1.71. The quantitative estimate of drug-likeness (QED) is 0.748. The van der Waals surface area contributed by atoms with E-state index in [1.165, 1.54) is 12.1 Å². The number of halogens is 1. The first-order valence-electron chi connectivity index (χ1n) is 4.25. The summed E-state index contributed by atoms with van der Waals surface area (Å²) in [6.07, 6.45) is 0.